The topological polar surface area (TPSA) is 45.1 Å². The molecular formula is C21H24F4N2O2. The lowest BCUT2D eigenvalue weighted by Gasteiger charge is -2.32. The van der Waals surface area contributed by atoms with Crippen molar-refractivity contribution in [3.8, 4) is 5.75 Å². The van der Waals surface area contributed by atoms with Gasteiger partial charge in [0.05, 0.1) is 19.1 Å². The number of nitrogens with zero attached hydrogens (tertiary/aromatic N) is 2. The van der Waals surface area contributed by atoms with E-state index in [2.05, 4.69) is 4.99 Å². The minimum atomic E-state index is -4.99. The Morgan fingerprint density at radius 3 is 2.31 bits per heavy atom. The molecular weight excluding hydrogens is 388 g/mol. The smallest absolute Gasteiger partial charge is 0.421 e. The maximum Gasteiger partial charge on any atom is 0.421 e. The van der Waals surface area contributed by atoms with Crippen LogP contribution < -0.4 is 4.74 Å². The van der Waals surface area contributed by atoms with Gasteiger partial charge in [-0.3, -0.25) is 0 Å². The van der Waals surface area contributed by atoms with Gasteiger partial charge in [0.15, 0.2) is 5.60 Å². The van der Waals surface area contributed by atoms with Gasteiger partial charge in [0.2, 0.25) is 0 Å². The van der Waals surface area contributed by atoms with Crippen molar-refractivity contribution < 1.29 is 27.4 Å². The molecule has 29 heavy (non-hydrogen) atoms. The summed E-state index contributed by atoms with van der Waals surface area (Å²) in [7, 11) is 3.05. The van der Waals surface area contributed by atoms with E-state index in [-0.39, 0.29) is 11.3 Å². The van der Waals surface area contributed by atoms with E-state index in [9.17, 15) is 22.7 Å². The van der Waals surface area contributed by atoms with Crippen LogP contribution in [0.2, 0.25) is 0 Å². The van der Waals surface area contributed by atoms with Gasteiger partial charge < -0.3 is 14.7 Å². The molecule has 0 spiro atoms. The number of alkyl halides is 3. The van der Waals surface area contributed by atoms with Crippen molar-refractivity contribution in [1.29, 1.82) is 0 Å². The largest absolute Gasteiger partial charge is 0.496 e. The summed E-state index contributed by atoms with van der Waals surface area (Å²) in [6.07, 6.45) is -4.21. The van der Waals surface area contributed by atoms with Crippen LogP contribution in [0.1, 0.15) is 23.6 Å². The SMILES string of the molecule is CCN(C)/C=N/c1cc(OC)c(C(O)(Cc2ccc(F)cc2)C(F)(F)F)cc1C. The normalized spacial score (nSPS) is 14.1. The van der Waals surface area contributed by atoms with E-state index >= 15 is 0 Å². The van der Waals surface area contributed by atoms with Crippen LogP contribution in [0, 0.1) is 12.7 Å². The molecule has 1 N–H and O–H groups in total. The zero-order chi connectivity index (χ0) is 21.8. The molecule has 0 aliphatic carbocycles. The summed E-state index contributed by atoms with van der Waals surface area (Å²) in [5, 5.41) is 10.8. The van der Waals surface area contributed by atoms with Crippen LogP contribution in [0.5, 0.6) is 5.75 Å². The Morgan fingerprint density at radius 1 is 1.17 bits per heavy atom. The van der Waals surface area contributed by atoms with Crippen LogP contribution in [-0.2, 0) is 12.0 Å². The van der Waals surface area contributed by atoms with Gasteiger partial charge in [0.1, 0.15) is 11.6 Å². The molecule has 2 rings (SSSR count). The van der Waals surface area contributed by atoms with Gasteiger partial charge in [0.25, 0.3) is 0 Å². The second-order valence-electron chi connectivity index (χ2n) is 6.82. The highest BCUT2D eigenvalue weighted by atomic mass is 19.4. The number of benzene rings is 2. The molecule has 2 aromatic rings. The third-order valence-electron chi connectivity index (χ3n) is 4.70. The number of aliphatic imine (C=N–C) groups is 1. The molecule has 0 amide bonds. The molecule has 2 aromatic carbocycles. The van der Waals surface area contributed by atoms with Crippen LogP contribution in [0.3, 0.4) is 0 Å². The van der Waals surface area contributed by atoms with Crippen molar-refractivity contribution in [3.63, 3.8) is 0 Å². The second-order valence-corrected chi connectivity index (χ2v) is 6.82. The van der Waals surface area contributed by atoms with Crippen molar-refractivity contribution in [3.05, 3.63) is 58.9 Å². The first-order valence-electron chi connectivity index (χ1n) is 8.99. The van der Waals surface area contributed by atoms with Crippen LogP contribution in [0.4, 0.5) is 23.2 Å². The zero-order valence-corrected chi connectivity index (χ0v) is 16.7. The lowest BCUT2D eigenvalue weighted by Crippen LogP contribution is -2.44. The summed E-state index contributed by atoms with van der Waals surface area (Å²) >= 11 is 0. The minimum Gasteiger partial charge on any atom is -0.496 e. The molecule has 0 aromatic heterocycles. The number of aliphatic hydroxyl groups is 1. The molecule has 0 saturated carbocycles. The lowest BCUT2D eigenvalue weighted by molar-refractivity contribution is -0.266. The molecule has 0 aliphatic heterocycles. The number of halogens is 4. The Kier molecular flexibility index (Phi) is 6.89. The quantitative estimate of drug-likeness (QED) is 0.406. The first-order chi connectivity index (χ1) is 13.5. The fourth-order valence-electron chi connectivity index (χ4n) is 2.80. The molecule has 1 atom stereocenters. The Bertz CT molecular complexity index is 866. The second kappa shape index (κ2) is 8.82. The molecule has 0 bridgehead atoms. The van der Waals surface area contributed by atoms with Crippen molar-refractivity contribution >= 4 is 12.0 Å². The molecule has 1 unspecified atom stereocenters. The number of aryl methyl sites for hydroxylation is 1. The first kappa shape index (κ1) is 22.7. The highest BCUT2D eigenvalue weighted by Crippen LogP contribution is 2.46. The van der Waals surface area contributed by atoms with E-state index in [1.54, 1.807) is 18.2 Å². The van der Waals surface area contributed by atoms with Gasteiger partial charge in [-0.1, -0.05) is 12.1 Å². The van der Waals surface area contributed by atoms with Crippen molar-refractivity contribution in [2.24, 2.45) is 4.99 Å². The van der Waals surface area contributed by atoms with E-state index in [1.807, 2.05) is 14.0 Å². The zero-order valence-electron chi connectivity index (χ0n) is 16.7. The van der Waals surface area contributed by atoms with Gasteiger partial charge in [-0.15, -0.1) is 0 Å². The predicted octanol–water partition coefficient (Wildman–Crippen LogP) is 4.75. The van der Waals surface area contributed by atoms with Crippen molar-refractivity contribution in [1.82, 2.24) is 4.90 Å². The first-order valence-corrected chi connectivity index (χ1v) is 8.99. The monoisotopic (exact) mass is 412 g/mol. The highest BCUT2D eigenvalue weighted by molar-refractivity contribution is 5.65. The molecule has 0 heterocycles. The van der Waals surface area contributed by atoms with Gasteiger partial charge in [0, 0.05) is 31.6 Å². The van der Waals surface area contributed by atoms with Gasteiger partial charge in [-0.25, -0.2) is 9.38 Å². The summed E-state index contributed by atoms with van der Waals surface area (Å²) in [4.78, 5) is 6.09. The summed E-state index contributed by atoms with van der Waals surface area (Å²) in [6.45, 7) is 4.25. The maximum absolute atomic E-state index is 14.0. The average Bonchev–Trinajstić information content (AvgIpc) is 2.67. The Hall–Kier alpha value is -2.61. The summed E-state index contributed by atoms with van der Waals surface area (Å²) in [5.74, 6) is -0.708. The van der Waals surface area contributed by atoms with Gasteiger partial charge in [-0.05, 0) is 43.2 Å². The Balaban J connectivity index is 2.57. The Morgan fingerprint density at radius 2 is 1.79 bits per heavy atom. The fourth-order valence-corrected chi connectivity index (χ4v) is 2.80. The van der Waals surface area contributed by atoms with Crippen molar-refractivity contribution in [2.45, 2.75) is 32.0 Å². The number of ether oxygens (including phenoxy) is 1. The number of hydrogen-bond acceptors (Lipinski definition) is 3. The number of hydrogen-bond donors (Lipinski definition) is 1. The standard InChI is InChI=1S/C21H24F4N2O2/c1-5-27(3)13-26-18-11-19(29-4)17(10-14(18)2)20(28,21(23,24)25)12-15-6-8-16(22)9-7-15/h6-11,13,28H,5,12H2,1-4H3/b26-13+. The van der Waals surface area contributed by atoms with E-state index < -0.39 is 29.6 Å². The minimum absolute atomic E-state index is 0.135. The van der Waals surface area contributed by atoms with Crippen LogP contribution in [0.15, 0.2) is 41.4 Å². The van der Waals surface area contributed by atoms with E-state index in [0.717, 1.165) is 12.1 Å². The van der Waals surface area contributed by atoms with Crippen LogP contribution in [-0.4, -0.2) is 43.2 Å². The van der Waals surface area contributed by atoms with E-state index in [0.29, 0.717) is 17.8 Å². The molecule has 0 radical (unpaired) electrons. The summed E-state index contributed by atoms with van der Waals surface area (Å²) in [5.41, 5.74) is -2.63. The molecule has 158 valence electrons. The third kappa shape index (κ3) is 5.06. The van der Waals surface area contributed by atoms with Crippen LogP contribution >= 0.6 is 0 Å². The fraction of sp³-hybridized carbons (Fsp3) is 0.381. The van der Waals surface area contributed by atoms with Gasteiger partial charge in [-0.2, -0.15) is 13.2 Å². The predicted molar refractivity (Wildman–Crippen MR) is 104 cm³/mol. The highest BCUT2D eigenvalue weighted by Gasteiger charge is 2.56. The third-order valence-corrected chi connectivity index (χ3v) is 4.70. The average molecular weight is 412 g/mol. The van der Waals surface area contributed by atoms with Gasteiger partial charge >= 0.3 is 6.18 Å². The number of methoxy groups -OCH3 is 1. The summed E-state index contributed by atoms with van der Waals surface area (Å²) in [6, 6.07) is 7.13. The summed E-state index contributed by atoms with van der Waals surface area (Å²) < 4.78 is 60.3. The van der Waals surface area contributed by atoms with Crippen molar-refractivity contribution in [2.75, 3.05) is 20.7 Å². The van der Waals surface area contributed by atoms with E-state index in [1.165, 1.54) is 31.4 Å². The maximum atomic E-state index is 14.0. The molecule has 0 saturated heterocycles. The lowest BCUT2D eigenvalue weighted by atomic mass is 9.85. The Labute approximate surface area is 167 Å². The number of rotatable bonds is 7. The molecule has 8 heteroatoms. The van der Waals surface area contributed by atoms with E-state index in [4.69, 9.17) is 4.74 Å². The molecule has 0 fully saturated rings. The molecule has 0 aliphatic rings. The molecule has 4 nitrogen and oxygen atoms in total. The van der Waals surface area contributed by atoms with Crippen LogP contribution in [0.25, 0.3) is 0 Å².